The van der Waals surface area contributed by atoms with Gasteiger partial charge in [-0.1, -0.05) is 103 Å². The number of fused-ring (bicyclic) bond motifs is 1. The lowest BCUT2D eigenvalue weighted by Gasteiger charge is -2.32. The second kappa shape index (κ2) is 10.1. The molecular formula is C36H32BN3O2. The molecule has 7 rings (SSSR count). The van der Waals surface area contributed by atoms with E-state index in [1.54, 1.807) is 0 Å². The summed E-state index contributed by atoms with van der Waals surface area (Å²) in [5.41, 5.74) is 8.55. The molecule has 6 heteroatoms. The number of aromatic nitrogens is 3. The Morgan fingerprint density at radius 3 is 1.83 bits per heavy atom. The molecule has 1 saturated heterocycles. The molecule has 0 aliphatic carbocycles. The standard InChI is InChI=1S/C36H32BN3O2/c1-35(2)36(3,4)42-37(41-35)31-20-12-18-28(22-31)27-17-11-19-29(21-27)33-38-34-32(26-15-9-6-10-16-26)23-30(24-40(34)39-33)25-13-7-5-8-14-25/h5-24H,1-4H3. The van der Waals surface area contributed by atoms with Crippen molar-refractivity contribution in [2.45, 2.75) is 38.9 Å². The van der Waals surface area contributed by atoms with E-state index in [0.717, 1.165) is 50.1 Å². The van der Waals surface area contributed by atoms with Gasteiger partial charge < -0.3 is 9.31 Å². The minimum atomic E-state index is -0.409. The summed E-state index contributed by atoms with van der Waals surface area (Å²) in [6, 6.07) is 39.8. The van der Waals surface area contributed by atoms with Crippen LogP contribution in [0.5, 0.6) is 0 Å². The van der Waals surface area contributed by atoms with Crippen LogP contribution in [0.2, 0.25) is 0 Å². The maximum Gasteiger partial charge on any atom is 0.494 e. The molecule has 206 valence electrons. The summed E-state index contributed by atoms with van der Waals surface area (Å²) >= 11 is 0. The zero-order chi connectivity index (χ0) is 28.9. The smallest absolute Gasteiger partial charge is 0.399 e. The number of hydrogen-bond acceptors (Lipinski definition) is 4. The molecule has 42 heavy (non-hydrogen) atoms. The molecule has 0 bridgehead atoms. The van der Waals surface area contributed by atoms with Crippen LogP contribution in [0.25, 0.3) is 50.4 Å². The van der Waals surface area contributed by atoms with Gasteiger partial charge in [0.2, 0.25) is 0 Å². The van der Waals surface area contributed by atoms with Crippen molar-refractivity contribution in [3.63, 3.8) is 0 Å². The summed E-state index contributed by atoms with van der Waals surface area (Å²) < 4.78 is 14.5. The van der Waals surface area contributed by atoms with E-state index in [-0.39, 0.29) is 11.2 Å². The van der Waals surface area contributed by atoms with Gasteiger partial charge >= 0.3 is 7.12 Å². The minimum Gasteiger partial charge on any atom is -0.399 e. The molecule has 0 atom stereocenters. The average molecular weight is 549 g/mol. The summed E-state index contributed by atoms with van der Waals surface area (Å²) in [5.74, 6) is 0.682. The SMILES string of the molecule is CC1(C)OB(c2cccc(-c3cccc(-c4nc5c(-c6ccccc6)cc(-c6ccccc6)cn5n4)c3)c2)OC1(C)C. The van der Waals surface area contributed by atoms with Crippen LogP contribution in [0.3, 0.4) is 0 Å². The highest BCUT2D eigenvalue weighted by molar-refractivity contribution is 6.62. The number of benzene rings is 4. The topological polar surface area (TPSA) is 48.7 Å². The largest absolute Gasteiger partial charge is 0.494 e. The Balaban J connectivity index is 1.28. The molecular weight excluding hydrogens is 517 g/mol. The Bertz CT molecular complexity index is 1880. The molecule has 3 heterocycles. The van der Waals surface area contributed by atoms with Crippen molar-refractivity contribution in [2.75, 3.05) is 0 Å². The molecule has 0 amide bonds. The van der Waals surface area contributed by atoms with Gasteiger partial charge in [0.15, 0.2) is 11.5 Å². The van der Waals surface area contributed by atoms with E-state index in [9.17, 15) is 0 Å². The van der Waals surface area contributed by atoms with Crippen LogP contribution in [0.15, 0.2) is 121 Å². The van der Waals surface area contributed by atoms with Crippen molar-refractivity contribution in [2.24, 2.45) is 0 Å². The van der Waals surface area contributed by atoms with Crippen LogP contribution >= 0.6 is 0 Å². The zero-order valence-corrected chi connectivity index (χ0v) is 24.3. The first-order valence-corrected chi connectivity index (χ1v) is 14.4. The van der Waals surface area contributed by atoms with Gasteiger partial charge in [-0.3, -0.25) is 0 Å². The van der Waals surface area contributed by atoms with Gasteiger partial charge in [-0.2, -0.15) is 0 Å². The number of rotatable bonds is 5. The third-order valence-electron chi connectivity index (χ3n) is 8.49. The van der Waals surface area contributed by atoms with Gasteiger partial charge in [-0.05, 0) is 67.5 Å². The predicted octanol–water partition coefficient (Wildman–Crippen LogP) is 7.70. The van der Waals surface area contributed by atoms with Crippen molar-refractivity contribution < 1.29 is 9.31 Å². The van der Waals surface area contributed by atoms with Gasteiger partial charge in [0.25, 0.3) is 0 Å². The van der Waals surface area contributed by atoms with Crippen molar-refractivity contribution in [1.82, 2.24) is 14.6 Å². The average Bonchev–Trinajstić information content (AvgIpc) is 3.54. The maximum absolute atomic E-state index is 6.31. The summed E-state index contributed by atoms with van der Waals surface area (Å²) in [7, 11) is -0.409. The van der Waals surface area contributed by atoms with E-state index in [4.69, 9.17) is 19.4 Å². The Morgan fingerprint density at radius 2 is 1.14 bits per heavy atom. The van der Waals surface area contributed by atoms with Crippen molar-refractivity contribution >= 4 is 18.2 Å². The van der Waals surface area contributed by atoms with E-state index in [0.29, 0.717) is 5.82 Å². The van der Waals surface area contributed by atoms with E-state index in [1.165, 1.54) is 0 Å². The van der Waals surface area contributed by atoms with Crippen LogP contribution in [0.4, 0.5) is 0 Å². The third kappa shape index (κ3) is 4.73. The van der Waals surface area contributed by atoms with E-state index in [2.05, 4.69) is 137 Å². The van der Waals surface area contributed by atoms with E-state index in [1.807, 2.05) is 16.6 Å². The summed E-state index contributed by atoms with van der Waals surface area (Å²) in [4.78, 5) is 5.05. The number of pyridine rings is 1. The van der Waals surface area contributed by atoms with Gasteiger partial charge in [0, 0.05) is 22.9 Å². The zero-order valence-electron chi connectivity index (χ0n) is 24.3. The van der Waals surface area contributed by atoms with Crippen LogP contribution in [0, 0.1) is 0 Å². The molecule has 5 nitrogen and oxygen atoms in total. The lowest BCUT2D eigenvalue weighted by atomic mass is 9.78. The fourth-order valence-corrected chi connectivity index (χ4v) is 5.41. The van der Waals surface area contributed by atoms with Crippen molar-refractivity contribution in [1.29, 1.82) is 0 Å². The summed E-state index contributed by atoms with van der Waals surface area (Å²) in [6.07, 6.45) is 2.06. The van der Waals surface area contributed by atoms with Crippen LogP contribution in [0.1, 0.15) is 27.7 Å². The summed E-state index contributed by atoms with van der Waals surface area (Å²) in [5, 5.41) is 4.97. The predicted molar refractivity (Wildman–Crippen MR) is 170 cm³/mol. The van der Waals surface area contributed by atoms with Crippen LogP contribution in [-0.2, 0) is 9.31 Å². The molecule has 0 spiro atoms. The highest BCUT2D eigenvalue weighted by atomic mass is 16.7. The molecule has 4 aromatic carbocycles. The molecule has 0 unspecified atom stereocenters. The molecule has 6 aromatic rings. The molecule has 1 aliphatic rings. The van der Waals surface area contributed by atoms with Crippen LogP contribution in [-0.4, -0.2) is 32.9 Å². The van der Waals surface area contributed by atoms with Gasteiger partial charge in [-0.25, -0.2) is 9.50 Å². The lowest BCUT2D eigenvalue weighted by molar-refractivity contribution is 0.00578. The quantitative estimate of drug-likeness (QED) is 0.207. The fourth-order valence-electron chi connectivity index (χ4n) is 5.41. The first-order chi connectivity index (χ1) is 20.3. The molecule has 0 N–H and O–H groups in total. The lowest BCUT2D eigenvalue weighted by Crippen LogP contribution is -2.41. The normalized spacial score (nSPS) is 15.8. The molecule has 0 saturated carbocycles. The highest BCUT2D eigenvalue weighted by Gasteiger charge is 2.51. The van der Waals surface area contributed by atoms with Gasteiger partial charge in [0.05, 0.1) is 11.2 Å². The van der Waals surface area contributed by atoms with Crippen molar-refractivity contribution in [3.05, 3.63) is 121 Å². The van der Waals surface area contributed by atoms with Crippen LogP contribution < -0.4 is 5.46 Å². The molecule has 1 aliphatic heterocycles. The number of nitrogens with zero attached hydrogens (tertiary/aromatic N) is 3. The maximum atomic E-state index is 6.31. The van der Waals surface area contributed by atoms with Gasteiger partial charge in [-0.15, -0.1) is 5.10 Å². The molecule has 2 aromatic heterocycles. The third-order valence-corrected chi connectivity index (χ3v) is 8.49. The highest BCUT2D eigenvalue weighted by Crippen LogP contribution is 2.37. The van der Waals surface area contributed by atoms with Gasteiger partial charge in [0.1, 0.15) is 0 Å². The fraction of sp³-hybridized carbons (Fsp3) is 0.167. The Hall–Kier alpha value is -4.52. The monoisotopic (exact) mass is 549 g/mol. The Labute approximate surface area is 246 Å². The first-order valence-electron chi connectivity index (χ1n) is 14.4. The Kier molecular flexibility index (Phi) is 6.34. The van der Waals surface area contributed by atoms with E-state index >= 15 is 0 Å². The van der Waals surface area contributed by atoms with E-state index < -0.39 is 7.12 Å². The Morgan fingerprint density at radius 1 is 0.571 bits per heavy atom. The second-order valence-electron chi connectivity index (χ2n) is 11.9. The molecule has 0 radical (unpaired) electrons. The first kappa shape index (κ1) is 26.4. The number of hydrogen-bond donors (Lipinski definition) is 0. The second-order valence-corrected chi connectivity index (χ2v) is 11.9. The summed E-state index contributed by atoms with van der Waals surface area (Å²) in [6.45, 7) is 8.31. The minimum absolute atomic E-state index is 0.388. The molecule has 1 fully saturated rings. The van der Waals surface area contributed by atoms with Crippen molar-refractivity contribution in [3.8, 4) is 44.8 Å².